The highest BCUT2D eigenvalue weighted by Gasteiger charge is 2.26. The van der Waals surface area contributed by atoms with E-state index < -0.39 is 5.54 Å². The number of aromatic hydroxyl groups is 1. The Balaban J connectivity index is 2.84. The number of nitrogens with one attached hydrogen (secondary N) is 2. The largest absolute Gasteiger partial charge is 0.506 e. The molecule has 4 nitrogen and oxygen atoms in total. The van der Waals surface area contributed by atoms with Gasteiger partial charge in [-0.05, 0) is 38.6 Å². The summed E-state index contributed by atoms with van der Waals surface area (Å²) in [4.78, 5) is 12.0. The SMILES string of the molecule is CCNC(C)(C)C(=O)Nc1cc(Br)ccc1O. The molecule has 94 valence electrons. The van der Waals surface area contributed by atoms with Gasteiger partial charge in [-0.3, -0.25) is 4.79 Å². The molecule has 0 spiro atoms. The third kappa shape index (κ3) is 3.71. The summed E-state index contributed by atoms with van der Waals surface area (Å²) >= 11 is 3.29. The minimum atomic E-state index is -0.677. The van der Waals surface area contributed by atoms with E-state index in [0.29, 0.717) is 12.2 Å². The first-order valence-corrected chi connectivity index (χ1v) is 6.21. The van der Waals surface area contributed by atoms with Crippen molar-refractivity contribution < 1.29 is 9.90 Å². The fourth-order valence-electron chi connectivity index (χ4n) is 1.41. The Bertz CT molecular complexity index is 419. The number of anilines is 1. The molecule has 0 saturated heterocycles. The van der Waals surface area contributed by atoms with Gasteiger partial charge in [0.1, 0.15) is 5.75 Å². The van der Waals surface area contributed by atoms with Crippen LogP contribution in [0.2, 0.25) is 0 Å². The Hall–Kier alpha value is -1.07. The normalized spacial score (nSPS) is 11.3. The Morgan fingerprint density at radius 1 is 1.47 bits per heavy atom. The van der Waals surface area contributed by atoms with E-state index in [-0.39, 0.29) is 11.7 Å². The predicted octanol–water partition coefficient (Wildman–Crippen LogP) is 2.48. The first-order valence-electron chi connectivity index (χ1n) is 5.42. The van der Waals surface area contributed by atoms with Gasteiger partial charge in [0.15, 0.2) is 0 Å². The summed E-state index contributed by atoms with van der Waals surface area (Å²) in [7, 11) is 0. The van der Waals surface area contributed by atoms with Crippen molar-refractivity contribution in [3.8, 4) is 5.75 Å². The lowest BCUT2D eigenvalue weighted by atomic mass is 10.0. The zero-order valence-electron chi connectivity index (χ0n) is 10.2. The maximum absolute atomic E-state index is 12.0. The standard InChI is InChI=1S/C12H17BrN2O2/c1-4-14-12(2,3)11(17)15-9-7-8(13)5-6-10(9)16/h5-7,14,16H,4H2,1-3H3,(H,15,17). The van der Waals surface area contributed by atoms with E-state index in [9.17, 15) is 9.90 Å². The molecule has 1 rings (SSSR count). The molecule has 1 amide bonds. The van der Waals surface area contributed by atoms with Crippen molar-refractivity contribution in [3.63, 3.8) is 0 Å². The van der Waals surface area contributed by atoms with Gasteiger partial charge in [-0.2, -0.15) is 0 Å². The fraction of sp³-hybridized carbons (Fsp3) is 0.417. The third-order valence-corrected chi connectivity index (χ3v) is 2.89. The summed E-state index contributed by atoms with van der Waals surface area (Å²) in [6, 6.07) is 4.90. The second kappa shape index (κ2) is 5.51. The summed E-state index contributed by atoms with van der Waals surface area (Å²) in [6.45, 7) is 6.22. The minimum Gasteiger partial charge on any atom is -0.506 e. The van der Waals surface area contributed by atoms with Crippen molar-refractivity contribution in [2.75, 3.05) is 11.9 Å². The van der Waals surface area contributed by atoms with Gasteiger partial charge < -0.3 is 15.7 Å². The lowest BCUT2D eigenvalue weighted by Gasteiger charge is -2.24. The number of amides is 1. The summed E-state index contributed by atoms with van der Waals surface area (Å²) < 4.78 is 0.798. The smallest absolute Gasteiger partial charge is 0.244 e. The molecule has 0 aliphatic rings. The van der Waals surface area contributed by atoms with Gasteiger partial charge in [0.25, 0.3) is 0 Å². The molecular formula is C12H17BrN2O2. The predicted molar refractivity (Wildman–Crippen MR) is 72.2 cm³/mol. The van der Waals surface area contributed by atoms with Crippen molar-refractivity contribution in [2.45, 2.75) is 26.3 Å². The summed E-state index contributed by atoms with van der Waals surface area (Å²) in [5.41, 5.74) is -0.279. The Labute approximate surface area is 110 Å². The first-order chi connectivity index (χ1) is 7.86. The third-order valence-electron chi connectivity index (χ3n) is 2.39. The highest BCUT2D eigenvalue weighted by Crippen LogP contribution is 2.27. The topological polar surface area (TPSA) is 61.4 Å². The molecule has 0 unspecified atom stereocenters. The van der Waals surface area contributed by atoms with Crippen LogP contribution in [0.15, 0.2) is 22.7 Å². The average molecular weight is 301 g/mol. The van der Waals surface area contributed by atoms with Gasteiger partial charge in [0.2, 0.25) is 5.91 Å². The van der Waals surface area contributed by atoms with Crippen molar-refractivity contribution in [3.05, 3.63) is 22.7 Å². The molecule has 1 aromatic rings. The number of rotatable bonds is 4. The quantitative estimate of drug-likeness (QED) is 0.749. The molecule has 0 radical (unpaired) electrons. The van der Waals surface area contributed by atoms with Crippen LogP contribution in [-0.2, 0) is 4.79 Å². The molecule has 5 heteroatoms. The number of halogens is 1. The van der Waals surface area contributed by atoms with Gasteiger partial charge in [0.05, 0.1) is 11.2 Å². The van der Waals surface area contributed by atoms with Crippen LogP contribution >= 0.6 is 15.9 Å². The van der Waals surface area contributed by atoms with Gasteiger partial charge in [-0.25, -0.2) is 0 Å². The van der Waals surface area contributed by atoms with E-state index in [1.54, 1.807) is 26.0 Å². The van der Waals surface area contributed by atoms with Crippen molar-refractivity contribution in [1.82, 2.24) is 5.32 Å². The number of phenolic OH excluding ortho intramolecular Hbond substituents is 1. The van der Waals surface area contributed by atoms with Gasteiger partial charge in [-0.15, -0.1) is 0 Å². The average Bonchev–Trinajstić information content (AvgIpc) is 2.23. The second-order valence-corrected chi connectivity index (χ2v) is 5.19. The second-order valence-electron chi connectivity index (χ2n) is 4.27. The zero-order valence-corrected chi connectivity index (χ0v) is 11.8. The van der Waals surface area contributed by atoms with E-state index >= 15 is 0 Å². The maximum atomic E-state index is 12.0. The Morgan fingerprint density at radius 2 is 2.12 bits per heavy atom. The van der Waals surface area contributed by atoms with E-state index in [1.807, 2.05) is 6.92 Å². The van der Waals surface area contributed by atoms with E-state index in [4.69, 9.17) is 0 Å². The van der Waals surface area contributed by atoms with Crippen molar-refractivity contribution >= 4 is 27.5 Å². The summed E-state index contributed by atoms with van der Waals surface area (Å²) in [5, 5.41) is 15.4. The molecule has 0 heterocycles. The number of benzene rings is 1. The molecule has 1 aromatic carbocycles. The molecule has 0 aliphatic heterocycles. The van der Waals surface area contributed by atoms with Gasteiger partial charge in [0, 0.05) is 4.47 Å². The van der Waals surface area contributed by atoms with E-state index in [2.05, 4.69) is 26.6 Å². The first kappa shape index (κ1) is 14.0. The van der Waals surface area contributed by atoms with Crippen LogP contribution in [0, 0.1) is 0 Å². The van der Waals surface area contributed by atoms with E-state index in [0.717, 1.165) is 4.47 Å². The molecule has 0 aromatic heterocycles. The number of likely N-dealkylation sites (N-methyl/N-ethyl adjacent to an activating group) is 1. The van der Waals surface area contributed by atoms with E-state index in [1.165, 1.54) is 6.07 Å². The molecule has 17 heavy (non-hydrogen) atoms. The number of carbonyl (C=O) groups excluding carboxylic acids is 1. The monoisotopic (exact) mass is 300 g/mol. The summed E-state index contributed by atoms with van der Waals surface area (Å²) in [5.74, 6) is -0.137. The summed E-state index contributed by atoms with van der Waals surface area (Å²) in [6.07, 6.45) is 0. The zero-order chi connectivity index (χ0) is 13.1. The lowest BCUT2D eigenvalue weighted by Crippen LogP contribution is -2.49. The number of carbonyl (C=O) groups is 1. The highest BCUT2D eigenvalue weighted by molar-refractivity contribution is 9.10. The lowest BCUT2D eigenvalue weighted by molar-refractivity contribution is -0.121. The molecule has 0 saturated carbocycles. The van der Waals surface area contributed by atoms with Crippen LogP contribution in [0.3, 0.4) is 0 Å². The van der Waals surface area contributed by atoms with Crippen molar-refractivity contribution in [2.24, 2.45) is 0 Å². The minimum absolute atomic E-state index is 0.0499. The van der Waals surface area contributed by atoms with Crippen LogP contribution in [0.25, 0.3) is 0 Å². The van der Waals surface area contributed by atoms with Crippen LogP contribution in [-0.4, -0.2) is 23.1 Å². The van der Waals surface area contributed by atoms with Crippen LogP contribution in [0.1, 0.15) is 20.8 Å². The molecule has 0 aliphatic carbocycles. The number of hydrogen-bond donors (Lipinski definition) is 3. The van der Waals surface area contributed by atoms with Crippen molar-refractivity contribution in [1.29, 1.82) is 0 Å². The molecule has 0 bridgehead atoms. The van der Waals surface area contributed by atoms with Crippen LogP contribution in [0.4, 0.5) is 5.69 Å². The Kier molecular flexibility index (Phi) is 4.54. The molecule has 0 atom stereocenters. The van der Waals surface area contributed by atoms with Gasteiger partial charge in [-0.1, -0.05) is 22.9 Å². The number of phenols is 1. The van der Waals surface area contributed by atoms with Gasteiger partial charge >= 0.3 is 0 Å². The van der Waals surface area contributed by atoms with Crippen LogP contribution < -0.4 is 10.6 Å². The number of hydrogen-bond acceptors (Lipinski definition) is 3. The maximum Gasteiger partial charge on any atom is 0.244 e. The molecule has 3 N–H and O–H groups in total. The van der Waals surface area contributed by atoms with Crippen LogP contribution in [0.5, 0.6) is 5.75 Å². The Morgan fingerprint density at radius 3 is 2.71 bits per heavy atom. The fourth-order valence-corrected chi connectivity index (χ4v) is 1.77. The molecule has 0 fully saturated rings. The highest BCUT2D eigenvalue weighted by atomic mass is 79.9. The molecular weight excluding hydrogens is 284 g/mol.